The third kappa shape index (κ3) is 10.5. The van der Waals surface area contributed by atoms with E-state index in [2.05, 4.69) is 33.8 Å². The summed E-state index contributed by atoms with van der Waals surface area (Å²) in [5.41, 5.74) is 1.88. The number of hydrogen-bond acceptors (Lipinski definition) is 5. The van der Waals surface area contributed by atoms with Crippen molar-refractivity contribution >= 4 is 0 Å². The van der Waals surface area contributed by atoms with E-state index >= 15 is 0 Å². The summed E-state index contributed by atoms with van der Waals surface area (Å²) in [6, 6.07) is 0. The summed E-state index contributed by atoms with van der Waals surface area (Å²) in [5, 5.41) is 51.4. The van der Waals surface area contributed by atoms with Gasteiger partial charge in [0.1, 0.15) is 0 Å². The Kier molecular flexibility index (Phi) is 14.8. The largest absolute Gasteiger partial charge is 0.393 e. The average Bonchev–Trinajstić information content (AvgIpc) is 2.69. The summed E-state index contributed by atoms with van der Waals surface area (Å²) in [5.74, 6) is -0.0150. The van der Waals surface area contributed by atoms with Crippen molar-refractivity contribution in [2.75, 3.05) is 0 Å². The summed E-state index contributed by atoms with van der Waals surface area (Å²) >= 11 is 0. The Hall–Kier alpha value is -0.720. The molecule has 0 fully saturated rings. The predicted octanol–water partition coefficient (Wildman–Crippen LogP) is 3.97. The maximum Gasteiger partial charge on any atom is 0.0775 e. The van der Waals surface area contributed by atoms with Gasteiger partial charge in [-0.1, -0.05) is 53.7 Å². The summed E-state index contributed by atoms with van der Waals surface area (Å²) in [4.78, 5) is 0. The van der Waals surface area contributed by atoms with Crippen LogP contribution in [0.15, 0.2) is 23.3 Å². The minimum Gasteiger partial charge on any atom is -0.393 e. The second kappa shape index (κ2) is 15.1. The molecule has 0 aliphatic heterocycles. The number of allylic oxidation sites excluding steroid dienone is 2. The highest BCUT2D eigenvalue weighted by Gasteiger charge is 2.25. The molecular weight excluding hydrogens is 380 g/mol. The van der Waals surface area contributed by atoms with Crippen LogP contribution >= 0.6 is 0 Å². The second-order valence-electron chi connectivity index (χ2n) is 9.13. The molecule has 0 heterocycles. The van der Waals surface area contributed by atoms with Gasteiger partial charge in [-0.05, 0) is 62.0 Å². The van der Waals surface area contributed by atoms with Crippen LogP contribution in [0.3, 0.4) is 0 Å². The van der Waals surface area contributed by atoms with Crippen molar-refractivity contribution in [3.05, 3.63) is 23.3 Å². The molecule has 0 spiro atoms. The van der Waals surface area contributed by atoms with E-state index in [-0.39, 0.29) is 30.6 Å². The van der Waals surface area contributed by atoms with Gasteiger partial charge in [-0.15, -0.1) is 0 Å². The fourth-order valence-electron chi connectivity index (χ4n) is 4.11. The molecule has 0 saturated carbocycles. The molecule has 178 valence electrons. The molecule has 0 amide bonds. The molecule has 0 saturated heterocycles. The quantitative estimate of drug-likeness (QED) is 0.254. The zero-order valence-electron chi connectivity index (χ0n) is 20.3. The highest BCUT2D eigenvalue weighted by Crippen LogP contribution is 2.25. The molecule has 0 aliphatic carbocycles. The lowest BCUT2D eigenvalue weighted by molar-refractivity contribution is -0.0146. The Morgan fingerprint density at radius 2 is 1.43 bits per heavy atom. The average molecular weight is 429 g/mol. The summed E-state index contributed by atoms with van der Waals surface area (Å²) < 4.78 is 0. The minimum atomic E-state index is -0.841. The Morgan fingerprint density at radius 1 is 0.833 bits per heavy atom. The Balaban J connectivity index is 4.73. The second-order valence-corrected chi connectivity index (χ2v) is 9.13. The minimum absolute atomic E-state index is 0.117. The van der Waals surface area contributed by atoms with Crippen molar-refractivity contribution in [1.82, 2.24) is 0 Å². The van der Waals surface area contributed by atoms with E-state index in [0.29, 0.717) is 6.42 Å². The lowest BCUT2D eigenvalue weighted by Crippen LogP contribution is -2.33. The van der Waals surface area contributed by atoms with E-state index in [0.717, 1.165) is 30.4 Å². The molecule has 8 atom stereocenters. The summed E-state index contributed by atoms with van der Waals surface area (Å²) in [7, 11) is 0. The lowest BCUT2D eigenvalue weighted by atomic mass is 9.86. The zero-order valence-corrected chi connectivity index (χ0v) is 20.3. The van der Waals surface area contributed by atoms with Gasteiger partial charge < -0.3 is 25.5 Å². The monoisotopic (exact) mass is 428 g/mol. The number of hydrogen-bond donors (Lipinski definition) is 5. The fourth-order valence-corrected chi connectivity index (χ4v) is 4.11. The SMILES string of the molecule is CC/C=C(\CC)[C@@H](O)C(C)C[C@H](C)/C=C(\C)[C@@H](O)C[C@H](O)C[C@H](O)[C@@H](C)[C@@H](O)CC. The highest BCUT2D eigenvalue weighted by atomic mass is 16.3. The molecule has 0 aromatic rings. The molecule has 0 bridgehead atoms. The van der Waals surface area contributed by atoms with Gasteiger partial charge in [-0.3, -0.25) is 0 Å². The van der Waals surface area contributed by atoms with Gasteiger partial charge in [-0.2, -0.15) is 0 Å². The molecule has 5 nitrogen and oxygen atoms in total. The van der Waals surface area contributed by atoms with Crippen molar-refractivity contribution < 1.29 is 25.5 Å². The van der Waals surface area contributed by atoms with E-state index < -0.39 is 30.5 Å². The molecule has 5 N–H and O–H groups in total. The predicted molar refractivity (Wildman–Crippen MR) is 124 cm³/mol. The molecule has 30 heavy (non-hydrogen) atoms. The third-order valence-electron chi connectivity index (χ3n) is 6.25. The van der Waals surface area contributed by atoms with Gasteiger partial charge in [0.2, 0.25) is 0 Å². The number of aliphatic hydroxyl groups excluding tert-OH is 5. The van der Waals surface area contributed by atoms with Crippen LogP contribution in [0.4, 0.5) is 0 Å². The first-order valence-corrected chi connectivity index (χ1v) is 11.8. The Bertz CT molecular complexity index is 516. The van der Waals surface area contributed by atoms with Crippen molar-refractivity contribution in [3.63, 3.8) is 0 Å². The van der Waals surface area contributed by atoms with Crippen molar-refractivity contribution in [3.8, 4) is 0 Å². The van der Waals surface area contributed by atoms with Gasteiger partial charge in [0.05, 0.1) is 30.5 Å². The first kappa shape index (κ1) is 29.3. The van der Waals surface area contributed by atoms with Crippen LogP contribution < -0.4 is 0 Å². The molecule has 0 rings (SSSR count). The molecule has 0 aromatic carbocycles. The Morgan fingerprint density at radius 3 is 1.93 bits per heavy atom. The maximum absolute atomic E-state index is 10.6. The van der Waals surface area contributed by atoms with Gasteiger partial charge >= 0.3 is 0 Å². The fraction of sp³-hybridized carbons (Fsp3) is 0.840. The lowest BCUT2D eigenvalue weighted by Gasteiger charge is -2.26. The van der Waals surface area contributed by atoms with Crippen LogP contribution in [0.2, 0.25) is 0 Å². The topological polar surface area (TPSA) is 101 Å². The zero-order chi connectivity index (χ0) is 23.4. The first-order chi connectivity index (χ1) is 14.0. The van der Waals surface area contributed by atoms with Crippen molar-refractivity contribution in [2.45, 2.75) is 118 Å². The van der Waals surface area contributed by atoms with E-state index in [4.69, 9.17) is 0 Å². The Labute approximate surface area is 184 Å². The van der Waals surface area contributed by atoms with Crippen molar-refractivity contribution in [2.24, 2.45) is 17.8 Å². The van der Waals surface area contributed by atoms with Crippen LogP contribution in [0.1, 0.15) is 87.0 Å². The van der Waals surface area contributed by atoms with Gasteiger partial charge in [0, 0.05) is 12.3 Å². The summed E-state index contributed by atoms with van der Waals surface area (Å²) in [6.45, 7) is 13.7. The van der Waals surface area contributed by atoms with Gasteiger partial charge in [0.25, 0.3) is 0 Å². The maximum atomic E-state index is 10.6. The number of aliphatic hydroxyl groups is 5. The van der Waals surface area contributed by atoms with E-state index in [1.165, 1.54) is 0 Å². The van der Waals surface area contributed by atoms with Gasteiger partial charge in [-0.25, -0.2) is 0 Å². The molecule has 0 aliphatic rings. The van der Waals surface area contributed by atoms with Gasteiger partial charge in [0.15, 0.2) is 0 Å². The van der Waals surface area contributed by atoms with E-state index in [9.17, 15) is 25.5 Å². The van der Waals surface area contributed by atoms with E-state index in [1.807, 2.05) is 19.9 Å². The molecular formula is C25H48O5. The standard InChI is InChI=1S/C25H48O5/c1-8-11-20(9-2)25(30)18(6)13-16(4)12-17(5)23(28)14-21(26)15-24(29)19(7)22(27)10-3/h11-12,16,18-19,21-30H,8-10,13-15H2,1-7H3/b17-12+,20-11+/t16-,18?,19+,21+,22+,23+,24+,25+/m1/s1. The van der Waals surface area contributed by atoms with Crippen LogP contribution in [-0.4, -0.2) is 56.1 Å². The molecule has 0 aromatic heterocycles. The van der Waals surface area contributed by atoms with Crippen LogP contribution in [0, 0.1) is 17.8 Å². The third-order valence-corrected chi connectivity index (χ3v) is 6.25. The normalized spacial score (nSPS) is 21.5. The van der Waals surface area contributed by atoms with Crippen LogP contribution in [-0.2, 0) is 0 Å². The molecule has 1 unspecified atom stereocenters. The highest BCUT2D eigenvalue weighted by molar-refractivity contribution is 5.10. The first-order valence-electron chi connectivity index (χ1n) is 11.8. The van der Waals surface area contributed by atoms with Crippen molar-refractivity contribution in [1.29, 1.82) is 0 Å². The van der Waals surface area contributed by atoms with Crippen LogP contribution in [0.25, 0.3) is 0 Å². The molecule has 5 heteroatoms. The van der Waals surface area contributed by atoms with Crippen LogP contribution in [0.5, 0.6) is 0 Å². The summed E-state index contributed by atoms with van der Waals surface area (Å²) in [6.07, 6.45) is 4.04. The van der Waals surface area contributed by atoms with E-state index in [1.54, 1.807) is 6.92 Å². The molecule has 0 radical (unpaired) electrons. The number of rotatable bonds is 15. The smallest absolute Gasteiger partial charge is 0.0775 e.